The van der Waals surface area contributed by atoms with Gasteiger partial charge in [0.15, 0.2) is 0 Å². The van der Waals surface area contributed by atoms with Gasteiger partial charge in [-0.2, -0.15) is 53.6 Å². The molecule has 0 saturated carbocycles. The average molecular weight is 1210 g/mol. The number of benzene rings is 7. The van der Waals surface area contributed by atoms with Gasteiger partial charge in [0.2, 0.25) is 0 Å². The molecule has 0 radical (unpaired) electrons. The van der Waals surface area contributed by atoms with Gasteiger partial charge in [0.25, 0.3) is 0 Å². The van der Waals surface area contributed by atoms with E-state index in [9.17, 15) is 0 Å². The van der Waals surface area contributed by atoms with Gasteiger partial charge in [0.1, 0.15) is 5.82 Å². The van der Waals surface area contributed by atoms with Gasteiger partial charge in [-0.3, -0.25) is 0 Å². The van der Waals surface area contributed by atoms with Crippen molar-refractivity contribution in [3.05, 3.63) is 232 Å². The van der Waals surface area contributed by atoms with Crippen LogP contribution in [-0.2, 0) is 59.0 Å². The number of pyridine rings is 1. The van der Waals surface area contributed by atoms with E-state index in [0.29, 0.717) is 0 Å². The first-order valence-corrected chi connectivity index (χ1v) is 27.9. The summed E-state index contributed by atoms with van der Waals surface area (Å²) >= 11 is 0. The second-order valence-corrected chi connectivity index (χ2v) is 27.7. The van der Waals surface area contributed by atoms with Crippen molar-refractivity contribution in [2.75, 3.05) is 9.80 Å². The van der Waals surface area contributed by atoms with Crippen LogP contribution in [0.4, 0.5) is 22.7 Å². The largest absolute Gasteiger partial charge is 0.493 e. The third kappa shape index (κ3) is 10.3. The second kappa shape index (κ2) is 19.8. The molecule has 1 aliphatic heterocycles. The first-order valence-electron chi connectivity index (χ1n) is 27.9. The van der Waals surface area contributed by atoms with Gasteiger partial charge in [-0.15, -0.1) is 17.7 Å². The second-order valence-electron chi connectivity index (χ2n) is 27.7. The summed E-state index contributed by atoms with van der Waals surface area (Å²) in [5.74, 6) is 0.879. The van der Waals surface area contributed by atoms with Gasteiger partial charge < -0.3 is 14.4 Å². The molecular formula is C73H81N4Pt-3. The number of fused-ring (bicyclic) bond motifs is 4. The standard InChI is InChI=1S/C73H81N4.Pt/c1-67(2,3)53-37-54(68(4,5)6)40-57(39-53)73(17,18)52-35-36-74-66(46-52)77-62-34-32-50(71(13,14)48-25-20-19-21-26-48)44-61(62)60-33-31-51(45-65(60)77)72(15,16)49-27-24-28-58(41-49)75-47-76(64-30-23-22-29-63(64)75)59-42-55(69(7,8)9)38-56(43-59)70(10,11)12;/h19-40,42-44,46-47H,1-18H3;/q-3;. The topological polar surface area (TPSA) is 24.3 Å². The number of hydrogen-bond acceptors (Lipinski definition) is 3. The summed E-state index contributed by atoms with van der Waals surface area (Å²) in [7, 11) is 0. The van der Waals surface area contributed by atoms with E-state index in [1.54, 1.807) is 0 Å². The van der Waals surface area contributed by atoms with Crippen LogP contribution in [-0.4, -0.2) is 9.55 Å². The molecule has 0 fully saturated rings. The number of hydrogen-bond donors (Lipinski definition) is 0. The zero-order valence-corrected chi connectivity index (χ0v) is 52.0. The molecule has 0 amide bonds. The van der Waals surface area contributed by atoms with Crippen molar-refractivity contribution in [3.8, 4) is 5.82 Å². The molecule has 78 heavy (non-hydrogen) atoms. The Morgan fingerprint density at radius 3 is 1.49 bits per heavy atom. The molecule has 5 heteroatoms. The van der Waals surface area contributed by atoms with Crippen LogP contribution in [0.2, 0.25) is 0 Å². The molecule has 9 aromatic rings. The molecule has 0 aliphatic carbocycles. The minimum Gasteiger partial charge on any atom is -0.493 e. The van der Waals surface area contributed by atoms with Gasteiger partial charge in [-0.05, 0) is 119 Å². The number of aromatic nitrogens is 2. The minimum absolute atomic E-state index is 0. The van der Waals surface area contributed by atoms with Crippen LogP contribution in [0.25, 0.3) is 27.6 Å². The normalized spacial score (nSPS) is 13.8. The van der Waals surface area contributed by atoms with E-state index in [0.717, 1.165) is 56.1 Å². The van der Waals surface area contributed by atoms with E-state index < -0.39 is 5.41 Å². The molecular weight excluding hydrogens is 1130 g/mol. The predicted octanol–water partition coefficient (Wildman–Crippen LogP) is 19.4. The molecule has 406 valence electrons. The van der Waals surface area contributed by atoms with E-state index in [4.69, 9.17) is 4.98 Å². The molecule has 0 saturated heterocycles. The van der Waals surface area contributed by atoms with Gasteiger partial charge >= 0.3 is 0 Å². The van der Waals surface area contributed by atoms with Crippen molar-refractivity contribution in [2.24, 2.45) is 0 Å². The third-order valence-corrected chi connectivity index (χ3v) is 16.9. The van der Waals surface area contributed by atoms with Crippen LogP contribution in [0.5, 0.6) is 0 Å². The molecule has 0 unspecified atom stereocenters. The minimum atomic E-state index is -0.479. The summed E-state index contributed by atoms with van der Waals surface area (Å²) in [6, 6.07) is 64.8. The number of anilines is 4. The van der Waals surface area contributed by atoms with Crippen molar-refractivity contribution >= 4 is 44.6 Å². The Balaban J connectivity index is 0.00000740. The van der Waals surface area contributed by atoms with Crippen LogP contribution in [0.1, 0.15) is 180 Å². The van der Waals surface area contributed by atoms with Gasteiger partial charge in [0, 0.05) is 60.7 Å². The Hall–Kier alpha value is -6.22. The van der Waals surface area contributed by atoms with E-state index >= 15 is 0 Å². The molecule has 3 heterocycles. The molecule has 0 bridgehead atoms. The summed E-state index contributed by atoms with van der Waals surface area (Å²) in [5.41, 5.74) is 18.1. The number of rotatable bonds is 9. The summed E-state index contributed by atoms with van der Waals surface area (Å²) in [5, 5.41) is 2.33. The van der Waals surface area contributed by atoms with E-state index in [1.165, 1.54) is 49.9 Å². The summed E-state index contributed by atoms with van der Waals surface area (Å²) < 4.78 is 2.36. The summed E-state index contributed by atoms with van der Waals surface area (Å²) in [6.07, 6.45) is 2.00. The van der Waals surface area contributed by atoms with Crippen LogP contribution in [0.15, 0.2) is 158 Å². The quantitative estimate of drug-likeness (QED) is 0.135. The molecule has 0 atom stereocenters. The molecule has 7 aromatic carbocycles. The molecule has 0 N–H and O–H groups in total. The Morgan fingerprint density at radius 1 is 0.385 bits per heavy atom. The van der Waals surface area contributed by atoms with E-state index in [2.05, 4.69) is 309 Å². The molecule has 10 rings (SSSR count). The molecule has 4 nitrogen and oxygen atoms in total. The first-order chi connectivity index (χ1) is 35.9. The van der Waals surface area contributed by atoms with Crippen molar-refractivity contribution < 1.29 is 21.1 Å². The van der Waals surface area contributed by atoms with Crippen LogP contribution in [0.3, 0.4) is 0 Å². The zero-order chi connectivity index (χ0) is 55.4. The van der Waals surface area contributed by atoms with E-state index in [1.807, 2.05) is 6.20 Å². The third-order valence-electron chi connectivity index (χ3n) is 16.9. The van der Waals surface area contributed by atoms with Gasteiger partial charge in [-0.25, -0.2) is 4.98 Å². The molecule has 2 aromatic heterocycles. The predicted molar refractivity (Wildman–Crippen MR) is 328 cm³/mol. The maximum absolute atomic E-state index is 5.23. The average Bonchev–Trinajstić information content (AvgIpc) is 4.10. The van der Waals surface area contributed by atoms with Crippen LogP contribution >= 0.6 is 0 Å². The smallest absolute Gasteiger partial charge is 0.135 e. The summed E-state index contributed by atoms with van der Waals surface area (Å²) in [4.78, 5) is 9.89. The molecule has 0 spiro atoms. The van der Waals surface area contributed by atoms with Crippen LogP contribution in [0, 0.1) is 18.8 Å². The SMILES string of the molecule is CC(C)(C)c1cc(N2[CH-]N(c3[c-]c(C(C)(C)c4[c-]c5c(cc4)c4cc(C(C)(C)c6ccccc6)ccc4n5-c4cc(C(C)(C)c5cc(C(C)(C)C)cc(C(C)(C)C)c5)ccn4)ccc3)c3ccccc32)cc(C(C)(C)C)c1.[Pt]. The van der Waals surface area contributed by atoms with Crippen molar-refractivity contribution in [1.82, 2.24) is 9.55 Å². The fourth-order valence-corrected chi connectivity index (χ4v) is 11.1. The monoisotopic (exact) mass is 1210 g/mol. The Bertz CT molecular complexity index is 3630. The maximum atomic E-state index is 5.23. The van der Waals surface area contributed by atoms with Crippen LogP contribution < -0.4 is 9.80 Å². The number of nitrogens with zero attached hydrogens (tertiary/aromatic N) is 4. The van der Waals surface area contributed by atoms with Gasteiger partial charge in [0.05, 0.1) is 0 Å². The van der Waals surface area contributed by atoms with Crippen molar-refractivity contribution in [2.45, 2.75) is 163 Å². The fraction of sp³-hybridized carbons (Fsp3) is 0.342. The Kier molecular flexibility index (Phi) is 14.4. The fourth-order valence-electron chi connectivity index (χ4n) is 11.1. The van der Waals surface area contributed by atoms with Crippen molar-refractivity contribution in [3.63, 3.8) is 0 Å². The summed E-state index contributed by atoms with van der Waals surface area (Å²) in [6.45, 7) is 44.0. The number of para-hydroxylation sites is 2. The first kappa shape index (κ1) is 56.5. The maximum Gasteiger partial charge on any atom is 0.135 e. The molecule has 1 aliphatic rings. The Labute approximate surface area is 482 Å². The zero-order valence-electron chi connectivity index (χ0n) is 49.7. The van der Waals surface area contributed by atoms with E-state index in [-0.39, 0.29) is 53.6 Å². The van der Waals surface area contributed by atoms with Crippen molar-refractivity contribution in [1.29, 1.82) is 0 Å². The Morgan fingerprint density at radius 2 is 0.897 bits per heavy atom. The van der Waals surface area contributed by atoms with Gasteiger partial charge in [-0.1, -0.05) is 209 Å².